The van der Waals surface area contributed by atoms with Gasteiger partial charge in [0.2, 0.25) is 0 Å². The maximum atomic E-state index is 11.2. The highest BCUT2D eigenvalue weighted by Crippen LogP contribution is 2.28. The number of rotatable bonds is 4. The van der Waals surface area contributed by atoms with Crippen molar-refractivity contribution < 1.29 is 9.90 Å². The molecule has 3 rings (SSSR count). The van der Waals surface area contributed by atoms with Crippen LogP contribution in [0.5, 0.6) is 0 Å². The summed E-state index contributed by atoms with van der Waals surface area (Å²) < 4.78 is 0. The van der Waals surface area contributed by atoms with Gasteiger partial charge in [0.05, 0.1) is 5.56 Å². The lowest BCUT2D eigenvalue weighted by Crippen LogP contribution is -2.38. The molecule has 2 unspecified atom stereocenters. The largest absolute Gasteiger partial charge is 0.478 e. The molecule has 4 nitrogen and oxygen atoms in total. The van der Waals surface area contributed by atoms with Crippen molar-refractivity contribution in [3.63, 3.8) is 0 Å². The molecule has 19 heavy (non-hydrogen) atoms. The molecule has 2 atom stereocenters. The summed E-state index contributed by atoms with van der Waals surface area (Å²) in [4.78, 5) is 13.7. The predicted octanol–water partition coefficient (Wildman–Crippen LogP) is 1.71. The molecule has 2 aliphatic heterocycles. The van der Waals surface area contributed by atoms with Gasteiger partial charge in [0.25, 0.3) is 0 Å². The van der Waals surface area contributed by atoms with E-state index in [-0.39, 0.29) is 0 Å². The lowest BCUT2D eigenvalue weighted by Gasteiger charge is -2.21. The third-order valence-electron chi connectivity index (χ3n) is 4.41. The average molecular weight is 260 g/mol. The van der Waals surface area contributed by atoms with Crippen molar-refractivity contribution in [3.05, 3.63) is 35.4 Å². The maximum absolute atomic E-state index is 11.2. The van der Waals surface area contributed by atoms with Crippen LogP contribution in [0.2, 0.25) is 0 Å². The predicted molar refractivity (Wildman–Crippen MR) is 73.2 cm³/mol. The molecular formula is C15H20N2O2. The van der Waals surface area contributed by atoms with Gasteiger partial charge in [-0.3, -0.25) is 4.90 Å². The molecule has 2 aliphatic rings. The first kappa shape index (κ1) is 12.6. The molecule has 2 saturated heterocycles. The molecule has 2 heterocycles. The minimum atomic E-state index is -0.841. The Labute approximate surface area is 113 Å². The fourth-order valence-corrected chi connectivity index (χ4v) is 3.44. The number of hydrogen-bond donors (Lipinski definition) is 2. The van der Waals surface area contributed by atoms with Crippen LogP contribution in [-0.2, 0) is 6.54 Å². The van der Waals surface area contributed by atoms with E-state index in [1.165, 1.54) is 32.4 Å². The molecule has 0 saturated carbocycles. The summed E-state index contributed by atoms with van der Waals surface area (Å²) in [6.45, 7) is 3.06. The Morgan fingerprint density at radius 2 is 2.16 bits per heavy atom. The van der Waals surface area contributed by atoms with Crippen LogP contribution in [0.1, 0.15) is 35.2 Å². The number of aromatic carboxylic acids is 1. The van der Waals surface area contributed by atoms with Crippen molar-refractivity contribution in [2.24, 2.45) is 0 Å². The van der Waals surface area contributed by atoms with E-state index < -0.39 is 5.97 Å². The highest BCUT2D eigenvalue weighted by Gasteiger charge is 2.36. The summed E-state index contributed by atoms with van der Waals surface area (Å²) in [5, 5.41) is 12.7. The van der Waals surface area contributed by atoms with Gasteiger partial charge in [-0.15, -0.1) is 0 Å². The standard InChI is InChI=1S/C15H20N2O2/c18-15(19)12-5-2-1-4-11(12)10-16-13-7-9-17-8-3-6-14(13)17/h1-2,4-5,13-14,16H,3,6-10H2,(H,18,19). The minimum Gasteiger partial charge on any atom is -0.478 e. The number of nitrogens with zero attached hydrogens (tertiary/aromatic N) is 1. The van der Waals surface area contributed by atoms with Crippen LogP contribution >= 0.6 is 0 Å². The molecule has 4 heteroatoms. The van der Waals surface area contributed by atoms with Gasteiger partial charge in [-0.1, -0.05) is 18.2 Å². The number of carbonyl (C=O) groups is 1. The molecule has 0 aromatic heterocycles. The van der Waals surface area contributed by atoms with E-state index in [4.69, 9.17) is 0 Å². The Balaban J connectivity index is 1.65. The summed E-state index contributed by atoms with van der Waals surface area (Å²) in [6.07, 6.45) is 3.76. The molecule has 0 spiro atoms. The van der Waals surface area contributed by atoms with E-state index in [0.29, 0.717) is 24.2 Å². The van der Waals surface area contributed by atoms with E-state index in [1.807, 2.05) is 12.1 Å². The molecule has 2 N–H and O–H groups in total. The highest BCUT2D eigenvalue weighted by atomic mass is 16.4. The lowest BCUT2D eigenvalue weighted by atomic mass is 10.0. The first-order chi connectivity index (χ1) is 9.25. The lowest BCUT2D eigenvalue weighted by molar-refractivity contribution is 0.0695. The number of hydrogen-bond acceptors (Lipinski definition) is 3. The topological polar surface area (TPSA) is 52.6 Å². The Morgan fingerprint density at radius 3 is 3.00 bits per heavy atom. The Kier molecular flexibility index (Phi) is 3.53. The Hall–Kier alpha value is -1.39. The van der Waals surface area contributed by atoms with Crippen LogP contribution in [0.3, 0.4) is 0 Å². The first-order valence-corrected chi connectivity index (χ1v) is 7.04. The second-order valence-corrected chi connectivity index (χ2v) is 5.48. The van der Waals surface area contributed by atoms with Gasteiger partial charge in [0.1, 0.15) is 0 Å². The average Bonchev–Trinajstić information content (AvgIpc) is 3.00. The van der Waals surface area contributed by atoms with Crippen LogP contribution in [-0.4, -0.2) is 41.1 Å². The van der Waals surface area contributed by atoms with Gasteiger partial charge in [-0.25, -0.2) is 4.79 Å². The molecule has 102 valence electrons. The van der Waals surface area contributed by atoms with E-state index >= 15 is 0 Å². The Bertz CT molecular complexity index is 475. The quantitative estimate of drug-likeness (QED) is 0.865. The second kappa shape index (κ2) is 5.31. The van der Waals surface area contributed by atoms with Gasteiger partial charge in [-0.2, -0.15) is 0 Å². The van der Waals surface area contributed by atoms with E-state index in [2.05, 4.69) is 10.2 Å². The minimum absolute atomic E-state index is 0.413. The SMILES string of the molecule is O=C(O)c1ccccc1CNC1CCN2CCCC12. The first-order valence-electron chi connectivity index (χ1n) is 7.04. The summed E-state index contributed by atoms with van der Waals surface area (Å²) in [5.74, 6) is -0.841. The molecule has 0 aliphatic carbocycles. The number of carboxylic acids is 1. The van der Waals surface area contributed by atoms with Crippen LogP contribution in [0.4, 0.5) is 0 Å². The number of carboxylic acid groups (broad SMARTS) is 1. The van der Waals surface area contributed by atoms with Crippen molar-refractivity contribution in [1.82, 2.24) is 10.2 Å². The zero-order chi connectivity index (χ0) is 13.2. The summed E-state index contributed by atoms with van der Waals surface area (Å²) in [7, 11) is 0. The van der Waals surface area contributed by atoms with Crippen LogP contribution in [0.25, 0.3) is 0 Å². The molecule has 0 bridgehead atoms. The monoisotopic (exact) mass is 260 g/mol. The van der Waals surface area contributed by atoms with E-state index in [9.17, 15) is 9.90 Å². The van der Waals surface area contributed by atoms with Gasteiger partial charge in [-0.05, 0) is 37.4 Å². The number of nitrogens with one attached hydrogen (secondary N) is 1. The van der Waals surface area contributed by atoms with Crippen molar-refractivity contribution in [1.29, 1.82) is 0 Å². The molecule has 2 fully saturated rings. The summed E-state index contributed by atoms with van der Waals surface area (Å²) >= 11 is 0. The number of fused-ring (bicyclic) bond motifs is 1. The van der Waals surface area contributed by atoms with Crippen LogP contribution in [0, 0.1) is 0 Å². The molecule has 1 aromatic carbocycles. The third-order valence-corrected chi connectivity index (χ3v) is 4.41. The zero-order valence-electron chi connectivity index (χ0n) is 11.0. The smallest absolute Gasteiger partial charge is 0.336 e. The normalized spacial score (nSPS) is 26.5. The zero-order valence-corrected chi connectivity index (χ0v) is 11.0. The van der Waals surface area contributed by atoms with Crippen molar-refractivity contribution >= 4 is 5.97 Å². The fraction of sp³-hybridized carbons (Fsp3) is 0.533. The Morgan fingerprint density at radius 1 is 1.32 bits per heavy atom. The van der Waals surface area contributed by atoms with Crippen molar-refractivity contribution in [2.75, 3.05) is 13.1 Å². The van der Waals surface area contributed by atoms with Gasteiger partial charge < -0.3 is 10.4 Å². The summed E-state index contributed by atoms with van der Waals surface area (Å²) in [6, 6.07) is 8.44. The van der Waals surface area contributed by atoms with Crippen molar-refractivity contribution in [3.8, 4) is 0 Å². The van der Waals surface area contributed by atoms with Crippen LogP contribution in [0.15, 0.2) is 24.3 Å². The maximum Gasteiger partial charge on any atom is 0.336 e. The molecule has 0 radical (unpaired) electrons. The molecular weight excluding hydrogens is 240 g/mol. The highest BCUT2D eigenvalue weighted by molar-refractivity contribution is 5.89. The van der Waals surface area contributed by atoms with E-state index in [0.717, 1.165) is 5.56 Å². The van der Waals surface area contributed by atoms with Crippen LogP contribution < -0.4 is 5.32 Å². The van der Waals surface area contributed by atoms with Crippen molar-refractivity contribution in [2.45, 2.75) is 37.9 Å². The van der Waals surface area contributed by atoms with Gasteiger partial charge >= 0.3 is 5.97 Å². The number of benzene rings is 1. The summed E-state index contributed by atoms with van der Waals surface area (Å²) in [5.41, 5.74) is 1.29. The fourth-order valence-electron chi connectivity index (χ4n) is 3.44. The second-order valence-electron chi connectivity index (χ2n) is 5.48. The van der Waals surface area contributed by atoms with E-state index in [1.54, 1.807) is 12.1 Å². The van der Waals surface area contributed by atoms with Gasteiger partial charge in [0, 0.05) is 25.2 Å². The molecule has 0 amide bonds. The third kappa shape index (κ3) is 2.51. The molecule has 1 aromatic rings. The van der Waals surface area contributed by atoms with Gasteiger partial charge in [0.15, 0.2) is 0 Å².